The van der Waals surface area contributed by atoms with Crippen molar-refractivity contribution in [1.82, 2.24) is 0 Å². The van der Waals surface area contributed by atoms with Gasteiger partial charge in [-0.1, -0.05) is 0 Å². The van der Waals surface area contributed by atoms with Gasteiger partial charge < -0.3 is 74.2 Å². The minimum Gasteiger partial charge on any atom is -0.394 e. The van der Waals surface area contributed by atoms with Crippen molar-refractivity contribution in [3.63, 3.8) is 0 Å². The standard InChI is InChI=1S/C3H5N3O9.2C3H6N2O7.2C3H7NO5/c7-4(8)13-1-3(15-6(11)12)2-14-5(9)10;6-3(1-11-4(7)8)2-12-5(9)10;6-1-3(12-5(9)10)2-11-4(7)8;5-1-3(6)2-9-4(7)8;5-1-3(2-6)9-4(7)8/h3H,1-2H2;2*3,6H,1-2H2;2*3,5-6H,1-2H2. The molecule has 0 aromatic heterocycles. The average molecular weight is 865 g/mol. The molecule has 0 aromatic carbocycles. The minimum absolute atomic E-state index is 0.483. The fourth-order valence-corrected chi connectivity index (χ4v) is 1.69. The van der Waals surface area contributed by atoms with Gasteiger partial charge in [-0.2, -0.15) is 0 Å². The molecule has 6 N–H and O–H groups in total. The van der Waals surface area contributed by atoms with Crippen LogP contribution in [0.25, 0.3) is 0 Å². The van der Waals surface area contributed by atoms with Gasteiger partial charge >= 0.3 is 0 Å². The van der Waals surface area contributed by atoms with Crippen LogP contribution in [0.3, 0.4) is 0 Å². The number of rotatable bonds is 28. The predicted octanol–water partition coefficient (Wildman–Crippen LogP) is -6.40. The van der Waals surface area contributed by atoms with E-state index in [2.05, 4.69) is 43.5 Å². The molecule has 334 valence electrons. The van der Waals surface area contributed by atoms with E-state index in [0.717, 1.165) is 0 Å². The molecule has 0 aliphatic rings. The summed E-state index contributed by atoms with van der Waals surface area (Å²) < 4.78 is 0. The second-order valence-electron chi connectivity index (χ2n) is 8.01. The zero-order chi connectivity index (χ0) is 45.5. The molecule has 0 aliphatic carbocycles. The maximum atomic E-state index is 9.83. The summed E-state index contributed by atoms with van der Waals surface area (Å²) in [6.45, 7) is -6.53. The molecule has 0 rings (SSSR count). The second-order valence-corrected chi connectivity index (χ2v) is 8.01. The van der Waals surface area contributed by atoms with Crippen molar-refractivity contribution in [2.75, 3.05) is 66.1 Å². The van der Waals surface area contributed by atoms with E-state index < -0.39 is 142 Å². The number of aliphatic hydroxyl groups excluding tert-OH is 6. The smallest absolute Gasteiger partial charge is 0.294 e. The summed E-state index contributed by atoms with van der Waals surface area (Å²) in [6.07, 6.45) is -6.54. The number of aliphatic hydroxyl groups is 6. The molecule has 0 saturated carbocycles. The summed E-state index contributed by atoms with van der Waals surface area (Å²) in [5.41, 5.74) is 0. The van der Waals surface area contributed by atoms with Gasteiger partial charge in [0.1, 0.15) is 51.8 Å². The highest BCUT2D eigenvalue weighted by Gasteiger charge is 2.18. The van der Waals surface area contributed by atoms with Gasteiger partial charge in [0.2, 0.25) is 0 Å². The van der Waals surface area contributed by atoms with Crippen molar-refractivity contribution in [2.24, 2.45) is 0 Å². The first-order valence-electron chi connectivity index (χ1n) is 13.2. The summed E-state index contributed by atoms with van der Waals surface area (Å²) in [5.74, 6) is 0. The SMILES string of the molecule is O=[N+]([O-])OC(CO)CO.O=[N+]([O-])OCC(CO)O[N+](=O)[O-].O=[N+]([O-])OCC(CO[N+](=O)[O-])O[N+](=O)[O-].O=[N+]([O-])OCC(O)CO.O=[N+]([O-])OCC(O)CO[N+](=O)[O-]. The van der Waals surface area contributed by atoms with Crippen LogP contribution in [0.2, 0.25) is 0 Å². The monoisotopic (exact) mass is 865 g/mol. The highest BCUT2D eigenvalue weighted by atomic mass is 17.0. The summed E-state index contributed by atoms with van der Waals surface area (Å²) in [4.78, 5) is 120. The van der Waals surface area contributed by atoms with Crippen molar-refractivity contribution in [3.8, 4) is 0 Å². The third-order valence-electron chi connectivity index (χ3n) is 3.74. The largest absolute Gasteiger partial charge is 0.394 e. The number of nitrogens with zero attached hydrogens (tertiary/aromatic N) is 9. The Bertz CT molecular complexity index is 1140. The summed E-state index contributed by atoms with van der Waals surface area (Å²) in [7, 11) is 0. The van der Waals surface area contributed by atoms with E-state index in [9.17, 15) is 91.0 Å². The Morgan fingerprint density at radius 3 is 0.772 bits per heavy atom. The summed E-state index contributed by atoms with van der Waals surface area (Å²) in [6, 6.07) is 0. The molecule has 42 heteroatoms. The lowest BCUT2D eigenvalue weighted by atomic mass is 10.4. The third kappa shape index (κ3) is 58.1. The summed E-state index contributed by atoms with van der Waals surface area (Å²) in [5, 5.41) is 126. The van der Waals surface area contributed by atoms with E-state index in [4.69, 9.17) is 30.6 Å². The number of hydrogen-bond donors (Lipinski definition) is 6. The molecule has 57 heavy (non-hydrogen) atoms. The zero-order valence-corrected chi connectivity index (χ0v) is 27.7. The molecule has 42 nitrogen and oxygen atoms in total. The molecular formula is C15H31N9O33. The maximum Gasteiger partial charge on any atom is 0.294 e. The first-order valence-corrected chi connectivity index (χ1v) is 13.2. The van der Waals surface area contributed by atoms with Gasteiger partial charge in [0.15, 0.2) is 18.3 Å². The molecule has 0 aliphatic heterocycles. The Labute approximate surface area is 308 Å². The van der Waals surface area contributed by atoms with Crippen LogP contribution < -0.4 is 0 Å². The first kappa shape index (κ1) is 58.9. The van der Waals surface area contributed by atoms with Gasteiger partial charge in [0.05, 0.1) is 26.4 Å². The molecule has 0 radical (unpaired) electrons. The molecule has 0 fully saturated rings. The van der Waals surface area contributed by atoms with Crippen LogP contribution in [-0.2, 0) is 43.5 Å². The van der Waals surface area contributed by atoms with E-state index in [1.54, 1.807) is 0 Å². The van der Waals surface area contributed by atoms with Crippen LogP contribution in [0, 0.1) is 91.0 Å². The van der Waals surface area contributed by atoms with E-state index >= 15 is 0 Å². The highest BCUT2D eigenvalue weighted by Crippen LogP contribution is 1.96. The fraction of sp³-hybridized carbons (Fsp3) is 1.00. The van der Waals surface area contributed by atoms with E-state index in [-0.39, 0.29) is 0 Å². The quantitative estimate of drug-likeness (QED) is 0.0314. The van der Waals surface area contributed by atoms with Gasteiger partial charge in [0, 0.05) is 0 Å². The number of hydrogen-bond acceptors (Lipinski definition) is 33. The van der Waals surface area contributed by atoms with Crippen LogP contribution in [-0.4, -0.2) is 173 Å². The highest BCUT2D eigenvalue weighted by molar-refractivity contribution is 4.50. The van der Waals surface area contributed by atoms with Crippen molar-refractivity contribution in [1.29, 1.82) is 0 Å². The Morgan fingerprint density at radius 1 is 0.316 bits per heavy atom. The normalized spacial score (nSPS) is 10.5. The van der Waals surface area contributed by atoms with Gasteiger partial charge in [0.25, 0.3) is 45.8 Å². The molecule has 0 spiro atoms. The van der Waals surface area contributed by atoms with Crippen LogP contribution in [0.1, 0.15) is 0 Å². The summed E-state index contributed by atoms with van der Waals surface area (Å²) >= 11 is 0. The van der Waals surface area contributed by atoms with E-state index in [1.165, 1.54) is 0 Å². The Kier molecular flexibility index (Phi) is 39.5. The molecule has 0 heterocycles. The molecule has 2 atom stereocenters. The lowest BCUT2D eigenvalue weighted by Gasteiger charge is -2.11. The van der Waals surface area contributed by atoms with Crippen LogP contribution in [0.15, 0.2) is 0 Å². The van der Waals surface area contributed by atoms with Crippen molar-refractivity contribution < 1.29 is 120 Å². The molecule has 0 saturated heterocycles. The van der Waals surface area contributed by atoms with E-state index in [1.807, 2.05) is 0 Å². The zero-order valence-electron chi connectivity index (χ0n) is 27.7. The Morgan fingerprint density at radius 2 is 0.544 bits per heavy atom. The van der Waals surface area contributed by atoms with Gasteiger partial charge in [-0.25, -0.2) is 0 Å². The van der Waals surface area contributed by atoms with Crippen molar-refractivity contribution in [3.05, 3.63) is 91.0 Å². The van der Waals surface area contributed by atoms with Crippen molar-refractivity contribution in [2.45, 2.75) is 30.5 Å². The maximum absolute atomic E-state index is 9.83. The van der Waals surface area contributed by atoms with Gasteiger partial charge in [-0.05, 0) is 0 Å². The molecule has 0 amide bonds. The minimum atomic E-state index is -1.55. The van der Waals surface area contributed by atoms with Gasteiger partial charge in [-0.15, -0.1) is 91.0 Å². The lowest BCUT2D eigenvalue weighted by Crippen LogP contribution is -2.30. The lowest BCUT2D eigenvalue weighted by molar-refractivity contribution is -0.803. The van der Waals surface area contributed by atoms with E-state index in [0.29, 0.717) is 0 Å². The predicted molar refractivity (Wildman–Crippen MR) is 154 cm³/mol. The molecule has 0 bridgehead atoms. The van der Waals surface area contributed by atoms with Crippen LogP contribution in [0.5, 0.6) is 0 Å². The molecule has 2 unspecified atom stereocenters. The second kappa shape index (κ2) is 38.3. The molecular weight excluding hydrogens is 834 g/mol. The topological polar surface area (TPSA) is 593 Å². The Hall–Kier alpha value is -7.44. The third-order valence-corrected chi connectivity index (χ3v) is 3.74. The fourth-order valence-electron chi connectivity index (χ4n) is 1.69. The first-order chi connectivity index (χ1) is 26.4. The van der Waals surface area contributed by atoms with Crippen molar-refractivity contribution >= 4 is 0 Å². The van der Waals surface area contributed by atoms with Crippen LogP contribution in [0.4, 0.5) is 0 Å². The average Bonchev–Trinajstić information content (AvgIpc) is 3.11. The van der Waals surface area contributed by atoms with Gasteiger partial charge in [-0.3, -0.25) is 0 Å². The van der Waals surface area contributed by atoms with Crippen LogP contribution >= 0.6 is 0 Å². The molecule has 0 aromatic rings. The Balaban J connectivity index is -0.000000200.